The largest absolute Gasteiger partial charge is 0.495 e. The van der Waals surface area contributed by atoms with Crippen LogP contribution in [-0.4, -0.2) is 43.3 Å². The van der Waals surface area contributed by atoms with Gasteiger partial charge in [-0.2, -0.15) is 0 Å². The van der Waals surface area contributed by atoms with Gasteiger partial charge in [0.2, 0.25) is 0 Å². The molecule has 1 fully saturated rings. The minimum atomic E-state index is 0.811. The van der Waals surface area contributed by atoms with Gasteiger partial charge in [0.25, 0.3) is 0 Å². The first-order valence-corrected chi connectivity index (χ1v) is 9.93. The van der Waals surface area contributed by atoms with E-state index in [-0.39, 0.29) is 0 Å². The predicted molar refractivity (Wildman–Crippen MR) is 119 cm³/mol. The molecule has 1 aliphatic heterocycles. The normalized spacial score (nSPS) is 14.0. The Bertz CT molecular complexity index is 983. The van der Waals surface area contributed by atoms with E-state index in [1.54, 1.807) is 13.4 Å². The van der Waals surface area contributed by atoms with Gasteiger partial charge in [-0.15, -0.1) is 0 Å². The molecule has 2 aromatic carbocycles. The summed E-state index contributed by atoms with van der Waals surface area (Å²) in [6.07, 6.45) is 1.63. The molecular weight excluding hydrogens is 362 g/mol. The topological polar surface area (TPSA) is 53.5 Å². The molecule has 0 spiro atoms. The van der Waals surface area contributed by atoms with Crippen LogP contribution in [-0.2, 0) is 0 Å². The Morgan fingerprint density at radius 3 is 2.38 bits per heavy atom. The Kier molecular flexibility index (Phi) is 5.51. The molecule has 0 unspecified atom stereocenters. The van der Waals surface area contributed by atoms with Crippen molar-refractivity contribution in [1.29, 1.82) is 0 Å². The van der Waals surface area contributed by atoms with Crippen molar-refractivity contribution in [3.05, 3.63) is 66.0 Å². The van der Waals surface area contributed by atoms with Crippen LogP contribution in [0.1, 0.15) is 11.1 Å². The van der Waals surface area contributed by atoms with Gasteiger partial charge in [0.15, 0.2) is 0 Å². The average molecular weight is 390 g/mol. The highest BCUT2D eigenvalue weighted by atomic mass is 16.5. The van der Waals surface area contributed by atoms with Gasteiger partial charge in [-0.05, 0) is 49.2 Å². The van der Waals surface area contributed by atoms with Crippen molar-refractivity contribution in [3.8, 4) is 5.75 Å². The fourth-order valence-corrected chi connectivity index (χ4v) is 3.62. The molecule has 150 valence electrons. The molecule has 0 radical (unpaired) electrons. The number of aromatic nitrogens is 2. The molecule has 1 aromatic heterocycles. The maximum atomic E-state index is 5.51. The monoisotopic (exact) mass is 389 g/mol. The quantitative estimate of drug-likeness (QED) is 0.707. The lowest BCUT2D eigenvalue weighted by atomic mass is 10.1. The number of benzene rings is 2. The predicted octanol–water partition coefficient (Wildman–Crippen LogP) is 4.17. The molecule has 0 aliphatic carbocycles. The van der Waals surface area contributed by atoms with Gasteiger partial charge >= 0.3 is 0 Å². The van der Waals surface area contributed by atoms with Crippen LogP contribution in [0.15, 0.2) is 54.9 Å². The van der Waals surface area contributed by atoms with E-state index in [2.05, 4.69) is 69.3 Å². The van der Waals surface area contributed by atoms with Crippen LogP contribution >= 0.6 is 0 Å². The Morgan fingerprint density at radius 1 is 0.862 bits per heavy atom. The Labute approximate surface area is 172 Å². The maximum absolute atomic E-state index is 5.51. The molecule has 0 atom stereocenters. The van der Waals surface area contributed by atoms with Crippen LogP contribution < -0.4 is 19.9 Å². The summed E-state index contributed by atoms with van der Waals surface area (Å²) in [6, 6.07) is 16.6. The minimum Gasteiger partial charge on any atom is -0.495 e. The van der Waals surface area contributed by atoms with Crippen molar-refractivity contribution in [2.45, 2.75) is 13.8 Å². The second kappa shape index (κ2) is 8.39. The van der Waals surface area contributed by atoms with E-state index in [4.69, 9.17) is 4.74 Å². The molecule has 6 nitrogen and oxygen atoms in total. The van der Waals surface area contributed by atoms with Crippen molar-refractivity contribution < 1.29 is 4.74 Å². The lowest BCUT2D eigenvalue weighted by Gasteiger charge is -2.37. The van der Waals surface area contributed by atoms with Crippen molar-refractivity contribution in [1.82, 2.24) is 9.97 Å². The van der Waals surface area contributed by atoms with Gasteiger partial charge in [0.1, 0.15) is 23.7 Å². The van der Waals surface area contributed by atoms with Crippen molar-refractivity contribution in [2.24, 2.45) is 0 Å². The van der Waals surface area contributed by atoms with Crippen molar-refractivity contribution in [3.63, 3.8) is 0 Å². The molecule has 1 saturated heterocycles. The third-order valence-electron chi connectivity index (χ3n) is 5.46. The van der Waals surface area contributed by atoms with Gasteiger partial charge in [-0.25, -0.2) is 9.97 Å². The number of piperazine rings is 1. The first kappa shape index (κ1) is 19.1. The number of aryl methyl sites for hydroxylation is 2. The summed E-state index contributed by atoms with van der Waals surface area (Å²) in [5.41, 5.74) is 4.73. The highest BCUT2D eigenvalue weighted by molar-refractivity contribution is 5.62. The zero-order chi connectivity index (χ0) is 20.2. The summed E-state index contributed by atoms with van der Waals surface area (Å²) in [5, 5.41) is 3.40. The van der Waals surface area contributed by atoms with Crippen LogP contribution in [0.2, 0.25) is 0 Å². The standard InChI is InChI=1S/C23H27N5O/c1-17-8-9-19(14-18(17)2)26-22-15-23(25-16-24-22)28-12-10-27(11-13-28)20-6-4-5-7-21(20)29-3/h4-9,14-16H,10-13H2,1-3H3,(H,24,25,26). The summed E-state index contributed by atoms with van der Waals surface area (Å²) in [6.45, 7) is 7.88. The highest BCUT2D eigenvalue weighted by Crippen LogP contribution is 2.29. The summed E-state index contributed by atoms with van der Waals surface area (Å²) >= 11 is 0. The van der Waals surface area contributed by atoms with Gasteiger partial charge in [0, 0.05) is 37.9 Å². The van der Waals surface area contributed by atoms with Crippen molar-refractivity contribution in [2.75, 3.05) is 48.4 Å². The van der Waals surface area contributed by atoms with Crippen LogP contribution in [0.3, 0.4) is 0 Å². The second-order valence-electron chi connectivity index (χ2n) is 7.33. The third kappa shape index (κ3) is 4.26. The number of nitrogens with one attached hydrogen (secondary N) is 1. The minimum absolute atomic E-state index is 0.811. The maximum Gasteiger partial charge on any atom is 0.142 e. The van der Waals surface area contributed by atoms with E-state index in [1.165, 1.54) is 11.1 Å². The van der Waals surface area contributed by atoms with Crippen molar-refractivity contribution >= 4 is 23.0 Å². The average Bonchev–Trinajstić information content (AvgIpc) is 2.76. The van der Waals surface area contributed by atoms with E-state index < -0.39 is 0 Å². The SMILES string of the molecule is COc1ccccc1N1CCN(c2cc(Nc3ccc(C)c(C)c3)ncn2)CC1. The molecule has 29 heavy (non-hydrogen) atoms. The molecular formula is C23H27N5O. The molecule has 4 rings (SSSR count). The lowest BCUT2D eigenvalue weighted by Crippen LogP contribution is -2.47. The van der Waals surface area contributed by atoms with E-state index in [0.29, 0.717) is 0 Å². The highest BCUT2D eigenvalue weighted by Gasteiger charge is 2.20. The van der Waals surface area contributed by atoms with Crippen LogP contribution in [0, 0.1) is 13.8 Å². The molecule has 1 N–H and O–H groups in total. The number of hydrogen-bond donors (Lipinski definition) is 1. The number of nitrogens with zero attached hydrogens (tertiary/aromatic N) is 4. The van der Waals surface area contributed by atoms with Crippen LogP contribution in [0.25, 0.3) is 0 Å². The molecule has 3 aromatic rings. The van der Waals surface area contributed by atoms with E-state index in [1.807, 2.05) is 18.2 Å². The molecule has 1 aliphatic rings. The van der Waals surface area contributed by atoms with Gasteiger partial charge in [-0.1, -0.05) is 18.2 Å². The second-order valence-corrected chi connectivity index (χ2v) is 7.33. The molecule has 2 heterocycles. The number of rotatable bonds is 5. The van der Waals surface area contributed by atoms with Gasteiger partial charge < -0.3 is 19.9 Å². The van der Waals surface area contributed by atoms with E-state index in [9.17, 15) is 0 Å². The Balaban J connectivity index is 1.43. The van der Waals surface area contributed by atoms with Crippen LogP contribution in [0.5, 0.6) is 5.75 Å². The number of ether oxygens (including phenoxy) is 1. The molecule has 0 amide bonds. The zero-order valence-electron chi connectivity index (χ0n) is 17.2. The molecule has 0 saturated carbocycles. The smallest absolute Gasteiger partial charge is 0.142 e. The summed E-state index contributed by atoms with van der Waals surface area (Å²) < 4.78 is 5.51. The Morgan fingerprint density at radius 2 is 1.62 bits per heavy atom. The fraction of sp³-hybridized carbons (Fsp3) is 0.304. The van der Waals surface area contributed by atoms with Gasteiger partial charge in [-0.3, -0.25) is 0 Å². The molecule has 6 heteroatoms. The summed E-state index contributed by atoms with van der Waals surface area (Å²) in [4.78, 5) is 13.6. The molecule has 0 bridgehead atoms. The fourth-order valence-electron chi connectivity index (χ4n) is 3.62. The summed E-state index contributed by atoms with van der Waals surface area (Å²) in [5.74, 6) is 2.68. The lowest BCUT2D eigenvalue weighted by molar-refractivity contribution is 0.413. The van der Waals surface area contributed by atoms with Crippen LogP contribution in [0.4, 0.5) is 23.0 Å². The van der Waals surface area contributed by atoms with Gasteiger partial charge in [0.05, 0.1) is 12.8 Å². The number of para-hydroxylation sites is 2. The number of hydrogen-bond acceptors (Lipinski definition) is 6. The first-order valence-electron chi connectivity index (χ1n) is 9.93. The third-order valence-corrected chi connectivity index (χ3v) is 5.46. The number of methoxy groups -OCH3 is 1. The first-order chi connectivity index (χ1) is 14.1. The van der Waals surface area contributed by atoms with E-state index in [0.717, 1.165) is 54.9 Å². The van der Waals surface area contributed by atoms with E-state index >= 15 is 0 Å². The Hall–Kier alpha value is -3.28. The zero-order valence-corrected chi connectivity index (χ0v) is 17.2. The summed E-state index contributed by atoms with van der Waals surface area (Å²) in [7, 11) is 1.72. The number of anilines is 4.